The Hall–Kier alpha value is -1.55. The highest BCUT2D eigenvalue weighted by atomic mass is 35.5. The summed E-state index contributed by atoms with van der Waals surface area (Å²) in [6.07, 6.45) is 0. The van der Waals surface area contributed by atoms with E-state index in [1.54, 1.807) is 6.07 Å². The maximum absolute atomic E-state index is 11.7. The molecule has 0 aliphatic rings. The van der Waals surface area contributed by atoms with Gasteiger partial charge in [0.25, 0.3) is 0 Å². The lowest BCUT2D eigenvalue weighted by Gasteiger charge is -2.23. The van der Waals surface area contributed by atoms with Crippen molar-refractivity contribution in [2.75, 3.05) is 5.32 Å². The summed E-state index contributed by atoms with van der Waals surface area (Å²) in [5, 5.41) is 4.11. The van der Waals surface area contributed by atoms with Crippen molar-refractivity contribution in [3.05, 3.63) is 29.8 Å². The minimum atomic E-state index is -0.747. The van der Waals surface area contributed by atoms with Crippen molar-refractivity contribution in [3.63, 3.8) is 0 Å². The molecule has 1 aromatic carbocycles. The largest absolute Gasteiger partial charge is 0.325 e. The van der Waals surface area contributed by atoms with Crippen LogP contribution < -0.4 is 10.6 Å². The number of urea groups is 1. The summed E-state index contributed by atoms with van der Waals surface area (Å²) in [7, 11) is 0. The summed E-state index contributed by atoms with van der Waals surface area (Å²) in [5.74, 6) is -0.521. The number of carbonyl (C=O) groups excluding carboxylic acids is 2. The van der Waals surface area contributed by atoms with Gasteiger partial charge in [0.1, 0.15) is 5.38 Å². The first kappa shape index (κ1) is 15.5. The Kier molecular flexibility index (Phi) is 4.95. The molecule has 1 atom stereocenters. The normalized spacial score (nSPS) is 12.7. The fourth-order valence-corrected chi connectivity index (χ4v) is 1.67. The summed E-state index contributed by atoms with van der Waals surface area (Å²) in [6.45, 7) is 7.67. The highest BCUT2D eigenvalue weighted by molar-refractivity contribution is 6.31. The first-order valence-corrected chi connectivity index (χ1v) is 6.51. The lowest BCUT2D eigenvalue weighted by molar-refractivity contribution is -0.119. The minimum absolute atomic E-state index is 0.104. The van der Waals surface area contributed by atoms with Gasteiger partial charge in [-0.25, -0.2) is 4.79 Å². The highest BCUT2D eigenvalue weighted by Gasteiger charge is 2.19. The predicted molar refractivity (Wildman–Crippen MR) is 77.6 cm³/mol. The molecule has 0 aliphatic heterocycles. The molecule has 0 saturated carbocycles. The molecule has 0 radical (unpaired) electrons. The van der Waals surface area contributed by atoms with Crippen LogP contribution in [-0.4, -0.2) is 17.3 Å². The SMILES string of the molecule is CC(Cl)C(=O)NC(=O)Nc1ccccc1C(C)(C)C. The van der Waals surface area contributed by atoms with Gasteiger partial charge >= 0.3 is 6.03 Å². The van der Waals surface area contributed by atoms with Gasteiger partial charge in [-0.3, -0.25) is 10.1 Å². The molecule has 0 heterocycles. The topological polar surface area (TPSA) is 58.2 Å². The minimum Gasteiger partial charge on any atom is -0.307 e. The van der Waals surface area contributed by atoms with E-state index in [4.69, 9.17) is 11.6 Å². The molecule has 0 fully saturated rings. The van der Waals surface area contributed by atoms with E-state index in [0.29, 0.717) is 5.69 Å². The fraction of sp³-hybridized carbons (Fsp3) is 0.429. The quantitative estimate of drug-likeness (QED) is 0.818. The molecule has 0 bridgehead atoms. The van der Waals surface area contributed by atoms with Crippen molar-refractivity contribution >= 4 is 29.2 Å². The summed E-state index contributed by atoms with van der Waals surface area (Å²) < 4.78 is 0. The molecule has 3 amide bonds. The van der Waals surface area contributed by atoms with E-state index < -0.39 is 17.3 Å². The first-order valence-electron chi connectivity index (χ1n) is 6.07. The Balaban J connectivity index is 2.83. The van der Waals surface area contributed by atoms with Crippen LogP contribution in [0.25, 0.3) is 0 Å². The van der Waals surface area contributed by atoms with Crippen LogP contribution in [-0.2, 0) is 10.2 Å². The average molecular weight is 283 g/mol. The number of rotatable bonds is 2. The van der Waals surface area contributed by atoms with Gasteiger partial charge in [-0.2, -0.15) is 0 Å². The third-order valence-electron chi connectivity index (χ3n) is 2.58. The molecule has 19 heavy (non-hydrogen) atoms. The zero-order valence-corrected chi connectivity index (χ0v) is 12.3. The Morgan fingerprint density at radius 2 is 1.79 bits per heavy atom. The van der Waals surface area contributed by atoms with Gasteiger partial charge in [0.05, 0.1) is 0 Å². The smallest absolute Gasteiger partial charge is 0.307 e. The third-order valence-corrected chi connectivity index (χ3v) is 2.78. The van der Waals surface area contributed by atoms with Crippen molar-refractivity contribution in [2.45, 2.75) is 38.5 Å². The molecule has 1 aromatic rings. The zero-order valence-electron chi connectivity index (χ0n) is 11.6. The van der Waals surface area contributed by atoms with Gasteiger partial charge in [0.2, 0.25) is 5.91 Å². The summed E-state index contributed by atoms with van der Waals surface area (Å²) in [6, 6.07) is 6.91. The lowest BCUT2D eigenvalue weighted by atomic mass is 9.86. The number of nitrogens with one attached hydrogen (secondary N) is 2. The number of hydrogen-bond donors (Lipinski definition) is 2. The molecular weight excluding hydrogens is 264 g/mol. The van der Waals surface area contributed by atoms with Crippen molar-refractivity contribution in [3.8, 4) is 0 Å². The molecule has 0 saturated heterocycles. The van der Waals surface area contributed by atoms with Crippen LogP contribution in [0, 0.1) is 0 Å². The first-order chi connectivity index (χ1) is 8.71. The average Bonchev–Trinajstić information content (AvgIpc) is 2.27. The maximum Gasteiger partial charge on any atom is 0.325 e. The van der Waals surface area contributed by atoms with Crippen LogP contribution in [0.5, 0.6) is 0 Å². The van der Waals surface area contributed by atoms with E-state index in [9.17, 15) is 9.59 Å². The van der Waals surface area contributed by atoms with Gasteiger partial charge in [-0.15, -0.1) is 11.6 Å². The van der Waals surface area contributed by atoms with Crippen LogP contribution in [0.4, 0.5) is 10.5 Å². The monoisotopic (exact) mass is 282 g/mol. The number of alkyl halides is 1. The van der Waals surface area contributed by atoms with Gasteiger partial charge in [-0.1, -0.05) is 39.0 Å². The van der Waals surface area contributed by atoms with E-state index in [-0.39, 0.29) is 5.41 Å². The van der Waals surface area contributed by atoms with E-state index in [2.05, 4.69) is 31.4 Å². The number of para-hydroxylation sites is 1. The van der Waals surface area contributed by atoms with Crippen molar-refractivity contribution in [2.24, 2.45) is 0 Å². The summed E-state index contributed by atoms with van der Waals surface area (Å²) in [5.41, 5.74) is 1.58. The van der Waals surface area contributed by atoms with E-state index in [1.807, 2.05) is 18.2 Å². The van der Waals surface area contributed by atoms with Crippen molar-refractivity contribution in [1.29, 1.82) is 0 Å². The standard InChI is InChI=1S/C14H19ClN2O2/c1-9(15)12(18)17-13(19)16-11-8-6-5-7-10(11)14(2,3)4/h5-9H,1-4H3,(H2,16,17,18,19). The maximum atomic E-state index is 11.7. The second-order valence-electron chi connectivity index (χ2n) is 5.35. The van der Waals surface area contributed by atoms with Crippen LogP contribution >= 0.6 is 11.6 Å². The second-order valence-corrected chi connectivity index (χ2v) is 6.01. The number of carbonyl (C=O) groups is 2. The molecule has 0 aliphatic carbocycles. The summed E-state index contributed by atoms with van der Waals surface area (Å²) >= 11 is 5.59. The predicted octanol–water partition coefficient (Wildman–Crippen LogP) is 3.26. The van der Waals surface area contributed by atoms with Crippen LogP contribution in [0.2, 0.25) is 0 Å². The number of halogens is 1. The Morgan fingerprint density at radius 1 is 1.21 bits per heavy atom. The molecule has 1 rings (SSSR count). The Labute approximate surface area is 118 Å². The van der Waals surface area contributed by atoms with E-state index >= 15 is 0 Å². The molecular formula is C14H19ClN2O2. The number of benzene rings is 1. The van der Waals surface area contributed by atoms with Gasteiger partial charge in [0, 0.05) is 5.69 Å². The number of hydrogen-bond acceptors (Lipinski definition) is 2. The van der Waals surface area contributed by atoms with Crippen molar-refractivity contribution in [1.82, 2.24) is 5.32 Å². The van der Waals surface area contributed by atoms with Gasteiger partial charge in [-0.05, 0) is 24.0 Å². The van der Waals surface area contributed by atoms with Crippen LogP contribution in [0.1, 0.15) is 33.3 Å². The van der Waals surface area contributed by atoms with Crippen molar-refractivity contribution < 1.29 is 9.59 Å². The molecule has 0 aromatic heterocycles. The van der Waals surface area contributed by atoms with Crippen LogP contribution in [0.3, 0.4) is 0 Å². The molecule has 1 unspecified atom stereocenters. The molecule has 4 nitrogen and oxygen atoms in total. The Bertz CT molecular complexity index is 479. The van der Waals surface area contributed by atoms with E-state index in [0.717, 1.165) is 5.56 Å². The van der Waals surface area contributed by atoms with Gasteiger partial charge < -0.3 is 5.32 Å². The number of amides is 3. The fourth-order valence-electron chi connectivity index (χ4n) is 1.61. The number of imide groups is 1. The van der Waals surface area contributed by atoms with Crippen LogP contribution in [0.15, 0.2) is 24.3 Å². The Morgan fingerprint density at radius 3 is 2.32 bits per heavy atom. The highest BCUT2D eigenvalue weighted by Crippen LogP contribution is 2.29. The summed E-state index contributed by atoms with van der Waals surface area (Å²) in [4.78, 5) is 23.0. The zero-order chi connectivity index (χ0) is 14.6. The molecule has 5 heteroatoms. The third kappa shape index (κ3) is 4.56. The molecule has 104 valence electrons. The lowest BCUT2D eigenvalue weighted by Crippen LogP contribution is -2.38. The second kappa shape index (κ2) is 6.06. The molecule has 0 spiro atoms. The molecule has 2 N–H and O–H groups in total. The van der Waals surface area contributed by atoms with E-state index in [1.165, 1.54) is 6.92 Å². The number of anilines is 1. The van der Waals surface area contributed by atoms with Gasteiger partial charge in [0.15, 0.2) is 0 Å².